The largest absolute Gasteiger partial charge is 0.397 e. The molecule has 0 aliphatic carbocycles. The minimum Gasteiger partial charge on any atom is -0.397 e. The Labute approximate surface area is 114 Å². The summed E-state index contributed by atoms with van der Waals surface area (Å²) in [5.74, 6) is 0.786. The van der Waals surface area contributed by atoms with E-state index < -0.39 is 0 Å². The summed E-state index contributed by atoms with van der Waals surface area (Å²) < 4.78 is 10.1. The molecule has 7 heteroatoms. The van der Waals surface area contributed by atoms with Crippen molar-refractivity contribution >= 4 is 28.9 Å². The Morgan fingerprint density at radius 3 is 2.78 bits per heavy atom. The van der Waals surface area contributed by atoms with Crippen molar-refractivity contribution in [3.8, 4) is 11.5 Å². The van der Waals surface area contributed by atoms with Crippen LogP contribution in [0.25, 0.3) is 11.5 Å². The van der Waals surface area contributed by atoms with Crippen molar-refractivity contribution in [3.63, 3.8) is 0 Å². The van der Waals surface area contributed by atoms with E-state index >= 15 is 0 Å². The molecule has 18 heavy (non-hydrogen) atoms. The van der Waals surface area contributed by atoms with Gasteiger partial charge in [0.05, 0.1) is 27.9 Å². The van der Waals surface area contributed by atoms with Crippen LogP contribution in [-0.4, -0.2) is 23.9 Å². The Morgan fingerprint density at radius 1 is 1.33 bits per heavy atom. The van der Waals surface area contributed by atoms with Crippen LogP contribution in [0.3, 0.4) is 0 Å². The lowest BCUT2D eigenvalue weighted by molar-refractivity contribution is 0.199. The number of rotatable bonds is 4. The third kappa shape index (κ3) is 2.58. The van der Waals surface area contributed by atoms with E-state index in [-0.39, 0.29) is 5.89 Å². The van der Waals surface area contributed by atoms with Crippen LogP contribution in [0.4, 0.5) is 5.69 Å². The second-order valence-corrected chi connectivity index (χ2v) is 4.39. The van der Waals surface area contributed by atoms with Crippen molar-refractivity contribution in [2.45, 2.75) is 6.42 Å². The van der Waals surface area contributed by atoms with Gasteiger partial charge in [0.25, 0.3) is 5.89 Å². The molecule has 2 N–H and O–H groups in total. The van der Waals surface area contributed by atoms with E-state index in [9.17, 15) is 0 Å². The smallest absolute Gasteiger partial charge is 0.261 e. The molecule has 1 aromatic carbocycles. The quantitative estimate of drug-likeness (QED) is 0.876. The first-order valence-corrected chi connectivity index (χ1v) is 5.94. The summed E-state index contributed by atoms with van der Waals surface area (Å²) in [6.45, 7) is 0.512. The van der Waals surface area contributed by atoms with Crippen molar-refractivity contribution in [1.29, 1.82) is 0 Å². The monoisotopic (exact) mass is 287 g/mol. The van der Waals surface area contributed by atoms with Gasteiger partial charge in [0.1, 0.15) is 0 Å². The summed E-state index contributed by atoms with van der Waals surface area (Å²) in [5, 5.41) is 4.63. The van der Waals surface area contributed by atoms with Crippen molar-refractivity contribution in [1.82, 2.24) is 10.1 Å². The average Bonchev–Trinajstić information content (AvgIpc) is 2.80. The lowest BCUT2D eigenvalue weighted by Crippen LogP contribution is -1.96. The molecular formula is C11H11Cl2N3O2. The van der Waals surface area contributed by atoms with Gasteiger partial charge in [0, 0.05) is 13.5 Å². The van der Waals surface area contributed by atoms with Gasteiger partial charge in [-0.05, 0) is 12.1 Å². The molecule has 0 saturated carbocycles. The van der Waals surface area contributed by atoms with E-state index in [1.165, 1.54) is 0 Å². The molecule has 0 saturated heterocycles. The maximum absolute atomic E-state index is 6.06. The Hall–Kier alpha value is -1.30. The Kier molecular flexibility index (Phi) is 4.06. The lowest BCUT2D eigenvalue weighted by Gasteiger charge is -2.04. The van der Waals surface area contributed by atoms with Crippen LogP contribution >= 0.6 is 23.2 Å². The highest BCUT2D eigenvalue weighted by atomic mass is 35.5. The third-order valence-corrected chi connectivity index (χ3v) is 3.00. The molecule has 1 aromatic heterocycles. The molecular weight excluding hydrogens is 277 g/mol. The normalized spacial score (nSPS) is 10.8. The zero-order chi connectivity index (χ0) is 13.1. The van der Waals surface area contributed by atoms with Crippen LogP contribution in [0.5, 0.6) is 0 Å². The van der Waals surface area contributed by atoms with Gasteiger partial charge in [-0.3, -0.25) is 0 Å². The van der Waals surface area contributed by atoms with Gasteiger partial charge >= 0.3 is 0 Å². The van der Waals surface area contributed by atoms with E-state index in [2.05, 4.69) is 10.1 Å². The van der Waals surface area contributed by atoms with Crippen molar-refractivity contribution in [2.24, 2.45) is 0 Å². The molecule has 96 valence electrons. The van der Waals surface area contributed by atoms with E-state index in [0.717, 1.165) is 0 Å². The molecule has 0 atom stereocenters. The lowest BCUT2D eigenvalue weighted by atomic mass is 10.2. The fraction of sp³-hybridized carbons (Fsp3) is 0.273. The number of ether oxygens (including phenoxy) is 1. The highest BCUT2D eigenvalue weighted by Gasteiger charge is 2.17. The molecule has 0 radical (unpaired) electrons. The molecule has 1 heterocycles. The van der Waals surface area contributed by atoms with Crippen LogP contribution in [0.2, 0.25) is 10.0 Å². The zero-order valence-electron chi connectivity index (χ0n) is 9.61. The summed E-state index contributed by atoms with van der Waals surface area (Å²) in [7, 11) is 1.60. The summed E-state index contributed by atoms with van der Waals surface area (Å²) >= 11 is 12.0. The molecule has 0 aliphatic heterocycles. The number of anilines is 1. The first-order valence-electron chi connectivity index (χ1n) is 5.19. The predicted molar refractivity (Wildman–Crippen MR) is 69.7 cm³/mol. The minimum absolute atomic E-state index is 0.256. The van der Waals surface area contributed by atoms with Gasteiger partial charge in [0.2, 0.25) is 0 Å². The molecule has 0 unspecified atom stereocenters. The number of benzene rings is 1. The third-order valence-electron chi connectivity index (χ3n) is 2.35. The molecule has 2 rings (SSSR count). The van der Waals surface area contributed by atoms with E-state index in [0.29, 0.717) is 40.1 Å². The van der Waals surface area contributed by atoms with Crippen LogP contribution in [-0.2, 0) is 11.2 Å². The van der Waals surface area contributed by atoms with Crippen LogP contribution in [0.15, 0.2) is 16.7 Å². The highest BCUT2D eigenvalue weighted by Crippen LogP contribution is 2.36. The van der Waals surface area contributed by atoms with E-state index in [1.807, 2.05) is 0 Å². The summed E-state index contributed by atoms with van der Waals surface area (Å²) in [6, 6.07) is 3.25. The molecule has 0 bridgehead atoms. The molecule has 0 amide bonds. The Bertz CT molecular complexity index is 557. The number of nitrogen functional groups attached to an aromatic ring is 1. The zero-order valence-corrected chi connectivity index (χ0v) is 11.1. The topological polar surface area (TPSA) is 74.2 Å². The van der Waals surface area contributed by atoms with Gasteiger partial charge in [-0.15, -0.1) is 0 Å². The molecule has 2 aromatic rings. The fourth-order valence-corrected chi connectivity index (χ4v) is 1.84. The van der Waals surface area contributed by atoms with Crippen molar-refractivity contribution < 1.29 is 9.26 Å². The number of methoxy groups -OCH3 is 1. The minimum atomic E-state index is 0.256. The standard InChI is InChI=1S/C11H11Cl2N3O2/c1-17-5-4-8-15-11(18-16-8)9-6(12)2-3-7(13)10(9)14/h2-3H,4-5,14H2,1H3. The second kappa shape index (κ2) is 5.56. The number of nitrogens with zero attached hydrogens (tertiary/aromatic N) is 2. The van der Waals surface area contributed by atoms with E-state index in [1.54, 1.807) is 19.2 Å². The summed E-state index contributed by atoms with van der Waals surface area (Å²) in [4.78, 5) is 4.20. The SMILES string of the molecule is COCCc1noc(-c2c(Cl)ccc(Cl)c2N)n1. The molecule has 5 nitrogen and oxygen atoms in total. The molecule has 0 fully saturated rings. The van der Waals surface area contributed by atoms with Crippen LogP contribution in [0.1, 0.15) is 5.82 Å². The van der Waals surface area contributed by atoms with Gasteiger partial charge in [0.15, 0.2) is 5.82 Å². The highest BCUT2D eigenvalue weighted by molar-refractivity contribution is 6.37. The first-order chi connectivity index (χ1) is 8.63. The predicted octanol–water partition coefficient (Wildman–Crippen LogP) is 2.81. The van der Waals surface area contributed by atoms with Crippen LogP contribution < -0.4 is 5.73 Å². The first kappa shape index (κ1) is 13.1. The molecule has 0 aliphatic rings. The Balaban J connectivity index is 2.37. The molecule has 0 spiro atoms. The van der Waals surface area contributed by atoms with Gasteiger partial charge in [-0.25, -0.2) is 0 Å². The van der Waals surface area contributed by atoms with Crippen LogP contribution in [0, 0.1) is 0 Å². The van der Waals surface area contributed by atoms with Crippen molar-refractivity contribution in [2.75, 3.05) is 19.5 Å². The number of aromatic nitrogens is 2. The maximum Gasteiger partial charge on any atom is 0.261 e. The second-order valence-electron chi connectivity index (χ2n) is 3.58. The number of halogens is 2. The average molecular weight is 288 g/mol. The number of hydrogen-bond donors (Lipinski definition) is 1. The Morgan fingerprint density at radius 2 is 2.06 bits per heavy atom. The maximum atomic E-state index is 6.06. The number of nitrogens with two attached hydrogens (primary N) is 1. The summed E-state index contributed by atoms with van der Waals surface area (Å²) in [6.07, 6.45) is 0.554. The van der Waals surface area contributed by atoms with Gasteiger partial charge in [-0.1, -0.05) is 28.4 Å². The van der Waals surface area contributed by atoms with E-state index in [4.69, 9.17) is 38.2 Å². The number of hydrogen-bond acceptors (Lipinski definition) is 5. The summed E-state index contributed by atoms with van der Waals surface area (Å²) in [5.41, 5.74) is 6.64. The van der Waals surface area contributed by atoms with Gasteiger partial charge in [-0.2, -0.15) is 4.98 Å². The fourth-order valence-electron chi connectivity index (χ4n) is 1.44. The van der Waals surface area contributed by atoms with Crippen molar-refractivity contribution in [3.05, 3.63) is 28.0 Å². The van der Waals surface area contributed by atoms with Gasteiger partial charge < -0.3 is 15.0 Å².